The van der Waals surface area contributed by atoms with Gasteiger partial charge in [-0.3, -0.25) is 4.90 Å². The van der Waals surface area contributed by atoms with E-state index in [1.165, 1.54) is 11.3 Å². The highest BCUT2D eigenvalue weighted by Gasteiger charge is 2.28. The number of hydrogen-bond acceptors (Lipinski definition) is 1. The Labute approximate surface area is 135 Å². The maximum absolute atomic E-state index is 13.3. The lowest BCUT2D eigenvalue weighted by atomic mass is 9.99. The molecule has 3 heteroatoms. The van der Waals surface area contributed by atoms with Crippen LogP contribution in [0.15, 0.2) is 72.9 Å². The van der Waals surface area contributed by atoms with Crippen LogP contribution in [0.4, 0.5) is 4.39 Å². The average Bonchev–Trinajstić information content (AvgIpc) is 3.05. The molecular formula is C20H19FN2. The van der Waals surface area contributed by atoms with E-state index in [0.29, 0.717) is 0 Å². The second-order valence-corrected chi connectivity index (χ2v) is 6.04. The molecule has 2 nitrogen and oxygen atoms in total. The van der Waals surface area contributed by atoms with E-state index in [0.717, 1.165) is 25.2 Å². The van der Waals surface area contributed by atoms with Gasteiger partial charge in [0.05, 0.1) is 6.04 Å². The van der Waals surface area contributed by atoms with Crippen molar-refractivity contribution in [1.82, 2.24) is 9.47 Å². The lowest BCUT2D eigenvalue weighted by molar-refractivity contribution is 0.174. The van der Waals surface area contributed by atoms with E-state index in [-0.39, 0.29) is 11.9 Å². The Morgan fingerprint density at radius 1 is 0.870 bits per heavy atom. The first-order valence-corrected chi connectivity index (χ1v) is 8.00. The van der Waals surface area contributed by atoms with E-state index in [2.05, 4.69) is 52.1 Å². The summed E-state index contributed by atoms with van der Waals surface area (Å²) in [6, 6.07) is 21.9. The lowest BCUT2D eigenvalue weighted by Gasteiger charge is -2.37. The topological polar surface area (TPSA) is 8.17 Å². The monoisotopic (exact) mass is 306 g/mol. The third-order valence-electron chi connectivity index (χ3n) is 4.55. The van der Waals surface area contributed by atoms with Crippen molar-refractivity contribution in [3.63, 3.8) is 0 Å². The van der Waals surface area contributed by atoms with Crippen LogP contribution in [0.5, 0.6) is 0 Å². The normalized spacial score (nSPS) is 17.9. The van der Waals surface area contributed by atoms with Crippen LogP contribution in [-0.4, -0.2) is 16.0 Å². The molecule has 0 amide bonds. The Kier molecular flexibility index (Phi) is 3.72. The molecule has 4 rings (SSSR count). The summed E-state index contributed by atoms with van der Waals surface area (Å²) < 4.78 is 15.6. The summed E-state index contributed by atoms with van der Waals surface area (Å²) in [7, 11) is 0. The first-order chi connectivity index (χ1) is 11.3. The van der Waals surface area contributed by atoms with Gasteiger partial charge in [-0.25, -0.2) is 4.39 Å². The highest BCUT2D eigenvalue weighted by atomic mass is 19.1. The van der Waals surface area contributed by atoms with Crippen molar-refractivity contribution >= 4 is 0 Å². The van der Waals surface area contributed by atoms with Gasteiger partial charge in [0.15, 0.2) is 0 Å². The molecule has 1 aliphatic rings. The molecule has 23 heavy (non-hydrogen) atoms. The van der Waals surface area contributed by atoms with Crippen LogP contribution in [0.1, 0.15) is 22.9 Å². The van der Waals surface area contributed by atoms with Crippen LogP contribution in [0.3, 0.4) is 0 Å². The van der Waals surface area contributed by atoms with Gasteiger partial charge in [-0.15, -0.1) is 0 Å². The zero-order valence-electron chi connectivity index (χ0n) is 12.9. The number of aromatic nitrogens is 1. The van der Waals surface area contributed by atoms with Gasteiger partial charge in [0, 0.05) is 31.5 Å². The van der Waals surface area contributed by atoms with Gasteiger partial charge in [0.1, 0.15) is 5.82 Å². The van der Waals surface area contributed by atoms with Gasteiger partial charge in [-0.1, -0.05) is 42.5 Å². The van der Waals surface area contributed by atoms with Crippen LogP contribution in [-0.2, 0) is 13.1 Å². The van der Waals surface area contributed by atoms with E-state index in [4.69, 9.17) is 0 Å². The number of fused-ring (bicyclic) bond motifs is 1. The predicted octanol–water partition coefficient (Wildman–Crippen LogP) is 4.23. The second kappa shape index (κ2) is 6.01. The summed E-state index contributed by atoms with van der Waals surface area (Å²) in [5.74, 6) is -0.186. The molecule has 0 radical (unpaired) electrons. The minimum Gasteiger partial charge on any atom is -0.348 e. The first-order valence-electron chi connectivity index (χ1n) is 8.00. The summed E-state index contributed by atoms with van der Waals surface area (Å²) >= 11 is 0. The van der Waals surface area contributed by atoms with Crippen molar-refractivity contribution in [2.45, 2.75) is 19.1 Å². The Morgan fingerprint density at radius 3 is 2.43 bits per heavy atom. The van der Waals surface area contributed by atoms with Gasteiger partial charge >= 0.3 is 0 Å². The molecule has 0 saturated heterocycles. The second-order valence-electron chi connectivity index (χ2n) is 6.04. The molecule has 0 bridgehead atoms. The zero-order valence-corrected chi connectivity index (χ0v) is 12.9. The smallest absolute Gasteiger partial charge is 0.123 e. The first kappa shape index (κ1) is 14.2. The minimum atomic E-state index is -0.186. The third kappa shape index (κ3) is 2.80. The number of benzene rings is 2. The van der Waals surface area contributed by atoms with Crippen LogP contribution < -0.4 is 0 Å². The molecule has 116 valence electrons. The van der Waals surface area contributed by atoms with Crippen molar-refractivity contribution < 1.29 is 4.39 Å². The van der Waals surface area contributed by atoms with E-state index in [1.807, 2.05) is 18.2 Å². The third-order valence-corrected chi connectivity index (χ3v) is 4.55. The standard InChI is InChI=1S/C20H19FN2/c21-18-10-8-17(9-11-18)20-19-7-4-12-22(19)13-14-23(20)15-16-5-2-1-3-6-16/h1-12,20H,13-15H2/t20-/m1/s1. The number of hydrogen-bond donors (Lipinski definition) is 0. The van der Waals surface area contributed by atoms with Gasteiger partial charge in [0.25, 0.3) is 0 Å². The molecule has 0 N–H and O–H groups in total. The molecule has 1 aliphatic heterocycles. The van der Waals surface area contributed by atoms with Crippen LogP contribution in [0, 0.1) is 5.82 Å². The van der Waals surface area contributed by atoms with E-state index < -0.39 is 0 Å². The van der Waals surface area contributed by atoms with Crippen molar-refractivity contribution in [2.75, 3.05) is 6.54 Å². The summed E-state index contributed by atoms with van der Waals surface area (Å²) in [4.78, 5) is 2.47. The highest BCUT2D eigenvalue weighted by molar-refractivity contribution is 5.31. The molecule has 0 unspecified atom stereocenters. The van der Waals surface area contributed by atoms with Crippen molar-refractivity contribution in [1.29, 1.82) is 0 Å². The van der Waals surface area contributed by atoms with Gasteiger partial charge in [-0.05, 0) is 35.4 Å². The van der Waals surface area contributed by atoms with Gasteiger partial charge < -0.3 is 4.57 Å². The van der Waals surface area contributed by atoms with Gasteiger partial charge in [0.2, 0.25) is 0 Å². The summed E-state index contributed by atoms with van der Waals surface area (Å²) in [6.07, 6.45) is 2.13. The quantitative estimate of drug-likeness (QED) is 0.703. The Bertz CT molecular complexity index is 777. The molecule has 0 fully saturated rings. The molecule has 2 aromatic carbocycles. The van der Waals surface area contributed by atoms with E-state index in [1.54, 1.807) is 12.1 Å². The maximum Gasteiger partial charge on any atom is 0.123 e. The van der Waals surface area contributed by atoms with E-state index >= 15 is 0 Å². The zero-order chi connectivity index (χ0) is 15.6. The van der Waals surface area contributed by atoms with Crippen LogP contribution in [0.2, 0.25) is 0 Å². The molecule has 1 aromatic heterocycles. The molecule has 0 aliphatic carbocycles. The van der Waals surface area contributed by atoms with E-state index in [9.17, 15) is 4.39 Å². The molecule has 2 heterocycles. The lowest BCUT2D eigenvalue weighted by Crippen LogP contribution is -2.37. The van der Waals surface area contributed by atoms with Crippen molar-refractivity contribution in [2.24, 2.45) is 0 Å². The fourth-order valence-corrected chi connectivity index (χ4v) is 3.45. The Balaban J connectivity index is 1.71. The molecule has 0 saturated carbocycles. The molecular weight excluding hydrogens is 287 g/mol. The van der Waals surface area contributed by atoms with Crippen LogP contribution >= 0.6 is 0 Å². The van der Waals surface area contributed by atoms with Crippen molar-refractivity contribution in [3.8, 4) is 0 Å². The highest BCUT2D eigenvalue weighted by Crippen LogP contribution is 2.33. The predicted molar refractivity (Wildman–Crippen MR) is 89.5 cm³/mol. The number of halogens is 1. The fraction of sp³-hybridized carbons (Fsp3) is 0.200. The van der Waals surface area contributed by atoms with Gasteiger partial charge in [-0.2, -0.15) is 0 Å². The maximum atomic E-state index is 13.3. The summed E-state index contributed by atoms with van der Waals surface area (Å²) in [6.45, 7) is 2.87. The number of nitrogens with zero attached hydrogens (tertiary/aromatic N) is 2. The number of rotatable bonds is 3. The molecule has 0 spiro atoms. The Hall–Kier alpha value is -2.39. The molecule has 1 atom stereocenters. The minimum absolute atomic E-state index is 0.166. The van der Waals surface area contributed by atoms with Crippen molar-refractivity contribution in [3.05, 3.63) is 95.6 Å². The summed E-state index contributed by atoms with van der Waals surface area (Å²) in [5.41, 5.74) is 3.72. The fourth-order valence-electron chi connectivity index (χ4n) is 3.45. The van der Waals surface area contributed by atoms with Crippen LogP contribution in [0.25, 0.3) is 0 Å². The summed E-state index contributed by atoms with van der Waals surface area (Å²) in [5, 5.41) is 0. The average molecular weight is 306 g/mol. The largest absolute Gasteiger partial charge is 0.348 e. The Morgan fingerprint density at radius 2 is 1.65 bits per heavy atom. The molecule has 3 aromatic rings. The SMILES string of the molecule is Fc1ccc([C@@H]2c3cccn3CCN2Cc2ccccc2)cc1.